The molecular formula is C15H14N2O. The number of phenolic OH excluding ortho intramolecular Hbond substituents is 1. The van der Waals surface area contributed by atoms with E-state index in [9.17, 15) is 5.11 Å². The quantitative estimate of drug-likeness (QED) is 0.706. The number of para-hydroxylation sites is 3. The molecular weight excluding hydrogens is 224 g/mol. The average molecular weight is 238 g/mol. The third-order valence-corrected chi connectivity index (χ3v) is 3.27. The van der Waals surface area contributed by atoms with Gasteiger partial charge in [0, 0.05) is 7.05 Å². The normalized spacial score (nSPS) is 11.0. The Morgan fingerprint density at radius 1 is 1.06 bits per heavy atom. The summed E-state index contributed by atoms with van der Waals surface area (Å²) in [7, 11) is 1.96. The lowest BCUT2D eigenvalue weighted by molar-refractivity contribution is 0.472. The molecule has 0 aliphatic carbocycles. The van der Waals surface area contributed by atoms with E-state index in [1.807, 2.05) is 61.0 Å². The van der Waals surface area contributed by atoms with Crippen LogP contribution in [0.15, 0.2) is 42.5 Å². The lowest BCUT2D eigenvalue weighted by Gasteiger charge is -2.06. The second-order valence-electron chi connectivity index (χ2n) is 4.45. The molecule has 0 saturated carbocycles. The minimum absolute atomic E-state index is 0.302. The van der Waals surface area contributed by atoms with Gasteiger partial charge in [0.05, 0.1) is 16.6 Å². The van der Waals surface area contributed by atoms with Crippen molar-refractivity contribution < 1.29 is 5.11 Å². The van der Waals surface area contributed by atoms with Gasteiger partial charge in [0.15, 0.2) is 0 Å². The average Bonchev–Trinajstić information content (AvgIpc) is 2.71. The standard InChI is InChI=1S/C15H14N2O/c1-10-6-5-7-11(14(10)18)15-16-12-8-3-4-9-13(12)17(15)2/h3-9,18H,1-2H3. The van der Waals surface area contributed by atoms with Gasteiger partial charge in [0.1, 0.15) is 11.6 Å². The molecule has 3 heteroatoms. The smallest absolute Gasteiger partial charge is 0.144 e. The van der Waals surface area contributed by atoms with Crippen molar-refractivity contribution in [2.45, 2.75) is 6.92 Å². The number of hydrogen-bond donors (Lipinski definition) is 1. The lowest BCUT2D eigenvalue weighted by atomic mass is 10.1. The highest BCUT2D eigenvalue weighted by atomic mass is 16.3. The SMILES string of the molecule is Cc1cccc(-c2nc3ccccc3n2C)c1O. The van der Waals surface area contributed by atoms with Crippen LogP contribution in [0.3, 0.4) is 0 Å². The first-order valence-electron chi connectivity index (χ1n) is 5.89. The molecule has 3 aromatic rings. The highest BCUT2D eigenvalue weighted by molar-refractivity contribution is 5.82. The minimum Gasteiger partial charge on any atom is -0.507 e. The van der Waals surface area contributed by atoms with E-state index in [-0.39, 0.29) is 0 Å². The van der Waals surface area contributed by atoms with Crippen LogP contribution < -0.4 is 0 Å². The van der Waals surface area contributed by atoms with E-state index in [1.165, 1.54) is 0 Å². The van der Waals surface area contributed by atoms with E-state index in [4.69, 9.17) is 0 Å². The summed E-state index contributed by atoms with van der Waals surface area (Å²) in [6.07, 6.45) is 0. The molecule has 3 rings (SSSR count). The molecule has 0 saturated heterocycles. The molecule has 18 heavy (non-hydrogen) atoms. The fourth-order valence-corrected chi connectivity index (χ4v) is 2.23. The number of phenols is 1. The van der Waals surface area contributed by atoms with Gasteiger partial charge in [-0.2, -0.15) is 0 Å². The van der Waals surface area contributed by atoms with Crippen molar-refractivity contribution in [3.05, 3.63) is 48.0 Å². The van der Waals surface area contributed by atoms with E-state index in [2.05, 4.69) is 4.98 Å². The van der Waals surface area contributed by atoms with E-state index in [1.54, 1.807) is 0 Å². The summed E-state index contributed by atoms with van der Waals surface area (Å²) in [4.78, 5) is 4.59. The van der Waals surface area contributed by atoms with Crippen LogP contribution in [-0.4, -0.2) is 14.7 Å². The molecule has 1 heterocycles. The van der Waals surface area contributed by atoms with Crippen LogP contribution in [0.2, 0.25) is 0 Å². The van der Waals surface area contributed by atoms with Crippen LogP contribution in [0, 0.1) is 6.92 Å². The first kappa shape index (κ1) is 10.8. The molecule has 90 valence electrons. The zero-order chi connectivity index (χ0) is 12.7. The van der Waals surface area contributed by atoms with Crippen LogP contribution in [0.25, 0.3) is 22.4 Å². The number of aryl methyl sites for hydroxylation is 2. The summed E-state index contributed by atoms with van der Waals surface area (Å²) in [5.41, 5.74) is 3.64. The van der Waals surface area contributed by atoms with Gasteiger partial charge in [-0.1, -0.05) is 24.3 Å². The van der Waals surface area contributed by atoms with Crippen molar-refractivity contribution in [3.63, 3.8) is 0 Å². The van der Waals surface area contributed by atoms with Crippen LogP contribution in [0.1, 0.15) is 5.56 Å². The van der Waals surface area contributed by atoms with Crippen molar-refractivity contribution in [1.29, 1.82) is 0 Å². The summed E-state index contributed by atoms with van der Waals surface area (Å²) in [6.45, 7) is 1.89. The van der Waals surface area contributed by atoms with Crippen molar-refractivity contribution in [2.75, 3.05) is 0 Å². The van der Waals surface area contributed by atoms with Crippen LogP contribution >= 0.6 is 0 Å². The predicted molar refractivity (Wildman–Crippen MR) is 72.6 cm³/mol. The van der Waals surface area contributed by atoms with E-state index in [0.29, 0.717) is 5.75 Å². The first-order valence-corrected chi connectivity index (χ1v) is 5.89. The van der Waals surface area contributed by atoms with Crippen molar-refractivity contribution in [1.82, 2.24) is 9.55 Å². The largest absolute Gasteiger partial charge is 0.507 e. The Balaban J connectivity index is 2.32. The minimum atomic E-state index is 0.302. The van der Waals surface area contributed by atoms with Crippen molar-refractivity contribution in [2.24, 2.45) is 7.05 Å². The second-order valence-corrected chi connectivity index (χ2v) is 4.45. The number of benzene rings is 2. The zero-order valence-corrected chi connectivity index (χ0v) is 10.4. The lowest BCUT2D eigenvalue weighted by Crippen LogP contribution is -1.93. The Labute approximate surface area is 105 Å². The maximum Gasteiger partial charge on any atom is 0.144 e. The van der Waals surface area contributed by atoms with Crippen LogP contribution in [-0.2, 0) is 7.05 Å². The van der Waals surface area contributed by atoms with Crippen molar-refractivity contribution >= 4 is 11.0 Å². The fourth-order valence-electron chi connectivity index (χ4n) is 2.23. The van der Waals surface area contributed by atoms with Crippen LogP contribution in [0.5, 0.6) is 5.75 Å². The molecule has 1 aromatic heterocycles. The Morgan fingerprint density at radius 2 is 1.83 bits per heavy atom. The zero-order valence-electron chi connectivity index (χ0n) is 10.4. The molecule has 2 aromatic carbocycles. The Kier molecular flexibility index (Phi) is 2.33. The Hall–Kier alpha value is -2.29. The molecule has 0 atom stereocenters. The number of hydrogen-bond acceptors (Lipinski definition) is 2. The van der Waals surface area contributed by atoms with Gasteiger partial charge in [-0.25, -0.2) is 4.98 Å². The molecule has 0 aliphatic rings. The first-order chi connectivity index (χ1) is 8.68. The molecule has 0 spiro atoms. The number of aromatic hydroxyl groups is 1. The van der Waals surface area contributed by atoms with Gasteiger partial charge in [-0.05, 0) is 30.7 Å². The Bertz CT molecular complexity index is 728. The number of nitrogens with zero attached hydrogens (tertiary/aromatic N) is 2. The van der Waals surface area contributed by atoms with Gasteiger partial charge in [0.2, 0.25) is 0 Å². The molecule has 0 bridgehead atoms. The summed E-state index contributed by atoms with van der Waals surface area (Å²) >= 11 is 0. The molecule has 0 fully saturated rings. The summed E-state index contributed by atoms with van der Waals surface area (Å²) < 4.78 is 2.00. The monoisotopic (exact) mass is 238 g/mol. The summed E-state index contributed by atoms with van der Waals surface area (Å²) in [5, 5.41) is 10.1. The third kappa shape index (κ3) is 1.48. The van der Waals surface area contributed by atoms with Gasteiger partial charge in [-0.15, -0.1) is 0 Å². The molecule has 0 aliphatic heterocycles. The van der Waals surface area contributed by atoms with Crippen LogP contribution in [0.4, 0.5) is 0 Å². The number of aromatic nitrogens is 2. The maximum atomic E-state index is 10.1. The number of rotatable bonds is 1. The number of fused-ring (bicyclic) bond motifs is 1. The fraction of sp³-hybridized carbons (Fsp3) is 0.133. The van der Waals surface area contributed by atoms with Gasteiger partial charge >= 0.3 is 0 Å². The summed E-state index contributed by atoms with van der Waals surface area (Å²) in [5.74, 6) is 1.09. The molecule has 1 N–H and O–H groups in total. The maximum absolute atomic E-state index is 10.1. The molecule has 0 amide bonds. The van der Waals surface area contributed by atoms with E-state index < -0.39 is 0 Å². The van der Waals surface area contributed by atoms with E-state index >= 15 is 0 Å². The number of imidazole rings is 1. The predicted octanol–water partition coefficient (Wildman–Crippen LogP) is 3.25. The molecule has 0 unspecified atom stereocenters. The van der Waals surface area contributed by atoms with E-state index in [0.717, 1.165) is 28.0 Å². The Morgan fingerprint density at radius 3 is 2.61 bits per heavy atom. The topological polar surface area (TPSA) is 38.0 Å². The van der Waals surface area contributed by atoms with Gasteiger partial charge in [0.25, 0.3) is 0 Å². The highest BCUT2D eigenvalue weighted by Gasteiger charge is 2.13. The highest BCUT2D eigenvalue weighted by Crippen LogP contribution is 2.32. The molecule has 3 nitrogen and oxygen atoms in total. The molecule has 0 radical (unpaired) electrons. The third-order valence-electron chi connectivity index (χ3n) is 3.27. The van der Waals surface area contributed by atoms with Gasteiger partial charge < -0.3 is 9.67 Å². The summed E-state index contributed by atoms with van der Waals surface area (Å²) in [6, 6.07) is 13.7. The van der Waals surface area contributed by atoms with Crippen molar-refractivity contribution in [3.8, 4) is 17.1 Å². The van der Waals surface area contributed by atoms with Gasteiger partial charge in [-0.3, -0.25) is 0 Å². The second kappa shape index (κ2) is 3.88.